The molecule has 2 unspecified atom stereocenters. The van der Waals surface area contributed by atoms with Gasteiger partial charge in [-0.25, -0.2) is 0 Å². The molecule has 0 amide bonds. The van der Waals surface area contributed by atoms with Crippen LogP contribution in [0.4, 0.5) is 17.6 Å². The molecule has 0 saturated heterocycles. The highest BCUT2D eigenvalue weighted by atomic mass is 19.1. The molecule has 0 spiro atoms. The van der Waals surface area contributed by atoms with Crippen LogP contribution in [0, 0.1) is 38.4 Å². The molecule has 2 atom stereocenters. The number of para-hydroxylation sites is 1. The first-order valence-corrected chi connectivity index (χ1v) is 31.9. The minimum atomic E-state index is 0. The second kappa shape index (κ2) is 45.6. The summed E-state index contributed by atoms with van der Waals surface area (Å²) in [6.07, 6.45) is 12.1. The van der Waals surface area contributed by atoms with E-state index < -0.39 is 0 Å². The van der Waals surface area contributed by atoms with Crippen LogP contribution in [-0.4, -0.2) is 55.2 Å². The van der Waals surface area contributed by atoms with Crippen molar-refractivity contribution in [2.75, 3.05) is 28.7 Å². The van der Waals surface area contributed by atoms with Gasteiger partial charge in [0.15, 0.2) is 0 Å². The maximum Gasteiger partial charge on any atom is 0.115 e. The summed E-state index contributed by atoms with van der Waals surface area (Å²) in [5.41, 5.74) is 12.7. The van der Waals surface area contributed by atoms with Crippen molar-refractivity contribution in [2.45, 2.75) is 210 Å². The molecule has 92 heavy (non-hydrogen) atoms. The Bertz CT molecular complexity index is 2880. The fourth-order valence-electron chi connectivity index (χ4n) is 8.85. The maximum absolute atomic E-state index is 9.50. The number of phenols is 3. The number of phenolic OH excluding ortho intramolecular Hbond substituents is 3. The van der Waals surface area contributed by atoms with Crippen molar-refractivity contribution >= 4 is 17.1 Å². The second-order valence-corrected chi connectivity index (χ2v) is 30.6. The minimum absolute atomic E-state index is 0. The number of aromatic hydroxyl groups is 3. The number of aliphatic imine (C=N–C) groups is 1. The number of nitrogens with one attached hydrogen (secondary N) is 1. The SMILES string of the molecule is C.CC(C)(C)Cc1c[nH]c2ccccc12.CC(C)(C)Cc1ccc(O)cc1.CC(C)(C)Cc1ccccc1.CC(C)(C)Cc1ccccc1.CC(C)(C)c1ccc(O)cc1.CC(c1ccc(O)cc1)C(C)(C)C.CCC1C=NC(C(C)(C)C)=C1.CF.CF.CF.CF. The first-order chi connectivity index (χ1) is 42.1. The summed E-state index contributed by atoms with van der Waals surface area (Å²) in [4.78, 5) is 7.71. The van der Waals surface area contributed by atoms with Crippen LogP contribution >= 0.6 is 0 Å². The van der Waals surface area contributed by atoms with Gasteiger partial charge in [0.1, 0.15) is 17.2 Å². The number of allylic oxidation sites excluding steroid dienone is 2. The third-order valence-electron chi connectivity index (χ3n) is 13.7. The van der Waals surface area contributed by atoms with Gasteiger partial charge in [-0.3, -0.25) is 22.6 Å². The molecule has 1 aliphatic rings. The van der Waals surface area contributed by atoms with Gasteiger partial charge < -0.3 is 20.3 Å². The Labute approximate surface area is 560 Å². The predicted octanol–water partition coefficient (Wildman–Crippen LogP) is 25.5. The van der Waals surface area contributed by atoms with E-state index in [4.69, 9.17) is 15.3 Å². The number of alkyl halides is 4. The summed E-state index contributed by atoms with van der Waals surface area (Å²) in [5, 5.41) is 28.6. The van der Waals surface area contributed by atoms with E-state index in [1.165, 1.54) is 56.4 Å². The third-order valence-corrected chi connectivity index (χ3v) is 13.7. The van der Waals surface area contributed by atoms with Crippen LogP contribution < -0.4 is 0 Å². The molecule has 4 N–H and O–H groups in total. The number of hydrogen-bond donors (Lipinski definition) is 4. The van der Waals surface area contributed by atoms with Crippen molar-refractivity contribution in [2.24, 2.45) is 43.4 Å². The summed E-state index contributed by atoms with van der Waals surface area (Å²) in [6.45, 7) is 51.2. The highest BCUT2D eigenvalue weighted by Gasteiger charge is 2.22. The Balaban J connectivity index is -0.000000482. The molecule has 1 aromatic heterocycles. The summed E-state index contributed by atoms with van der Waals surface area (Å²) in [5.74, 6) is 2.10. The Hall–Kier alpha value is -6.61. The average molecular weight is 1280 g/mol. The monoisotopic (exact) mass is 1280 g/mol. The van der Waals surface area contributed by atoms with Gasteiger partial charge in [-0.2, -0.15) is 0 Å². The number of H-pyrrole nitrogens is 1. The van der Waals surface area contributed by atoms with Gasteiger partial charge in [0.25, 0.3) is 0 Å². The first kappa shape index (κ1) is 91.8. The van der Waals surface area contributed by atoms with Crippen molar-refractivity contribution in [3.63, 3.8) is 0 Å². The molecule has 8 rings (SSSR count). The first-order valence-electron chi connectivity index (χ1n) is 31.9. The Morgan fingerprint density at radius 2 is 0.761 bits per heavy atom. The number of rotatable bonds is 6. The topological polar surface area (TPSA) is 88.8 Å². The van der Waals surface area contributed by atoms with E-state index in [1.54, 1.807) is 36.4 Å². The van der Waals surface area contributed by atoms with Crippen molar-refractivity contribution in [1.29, 1.82) is 0 Å². The number of aromatic nitrogens is 1. The number of hydrogen-bond acceptors (Lipinski definition) is 4. The summed E-state index contributed by atoms with van der Waals surface area (Å²) in [6, 6.07) is 52.0. The molecule has 7 aromatic rings. The lowest BCUT2D eigenvalue weighted by molar-refractivity contribution is 0.339. The van der Waals surface area contributed by atoms with Gasteiger partial charge in [0, 0.05) is 40.3 Å². The van der Waals surface area contributed by atoms with Crippen LogP contribution in [0.5, 0.6) is 17.2 Å². The van der Waals surface area contributed by atoms with Crippen LogP contribution in [0.25, 0.3) is 10.9 Å². The molecule has 0 aliphatic carbocycles. The van der Waals surface area contributed by atoms with Crippen LogP contribution in [0.1, 0.15) is 212 Å². The van der Waals surface area contributed by atoms with E-state index in [2.05, 4.69) is 273 Å². The summed E-state index contributed by atoms with van der Waals surface area (Å²) in [7, 11) is 2.00. The summed E-state index contributed by atoms with van der Waals surface area (Å²) >= 11 is 0. The van der Waals surface area contributed by atoms with Gasteiger partial charge in [-0.1, -0.05) is 288 Å². The largest absolute Gasteiger partial charge is 0.508 e. The van der Waals surface area contributed by atoms with Crippen LogP contribution in [0.2, 0.25) is 0 Å². The molecular weight excluding hydrogens is 1150 g/mol. The lowest BCUT2D eigenvalue weighted by atomic mass is 9.78. The average Bonchev–Trinajstić information content (AvgIpc) is 1.83. The normalized spacial score (nSPS) is 12.6. The number of fused-ring (bicyclic) bond motifs is 1. The molecule has 0 radical (unpaired) electrons. The second-order valence-electron chi connectivity index (χ2n) is 30.6. The standard InChI is InChI=1S/C13H17N.C12H18O.C11H16O.2C11H16.C10H17N.C10H14O.4CH3F.CH4/c1-13(2,3)8-10-9-14-12-7-5-4-6-11(10)12;1-9(12(2,3)4)10-5-7-11(13)8-6-10;1-11(2,3)8-9-4-6-10(12)7-5-9;2*1-11(2,3)9-10-7-5-4-6-8-10;1-5-8-6-9(11-7-8)10(2,3)4;1-10(2,3)8-4-6-9(11)7-5-8;4*1-2;/h4-7,9,14H,8H2,1-3H3;5-9,13H,1-4H3;4-7,12H,8H2,1-3H3;2*4-8H,9H2,1-3H3;6-8H,5H2,1-4H3;4-7,11H,1-3H3;4*1H3;1H4. The van der Waals surface area contributed by atoms with E-state index in [-0.39, 0.29) is 23.7 Å². The van der Waals surface area contributed by atoms with E-state index in [0.717, 1.165) is 25.7 Å². The number of benzene rings is 6. The van der Waals surface area contributed by atoms with E-state index in [9.17, 15) is 17.6 Å². The van der Waals surface area contributed by atoms with E-state index in [0.29, 0.717) is 79.5 Å². The Kier molecular flexibility index (Phi) is 45.5. The molecule has 0 bridgehead atoms. The number of nitrogens with zero attached hydrogens (tertiary/aromatic N) is 1. The zero-order valence-electron chi connectivity index (χ0n) is 61.7. The van der Waals surface area contributed by atoms with E-state index >= 15 is 0 Å². The fraction of sp³-hybridized carbons (Fsp3) is 0.506. The van der Waals surface area contributed by atoms with Crippen LogP contribution in [0.3, 0.4) is 0 Å². The molecule has 9 heteroatoms. The Morgan fingerprint density at radius 1 is 0.424 bits per heavy atom. The quantitative estimate of drug-likeness (QED) is 0.125. The summed E-state index contributed by atoms with van der Waals surface area (Å²) < 4.78 is 38.0. The van der Waals surface area contributed by atoms with E-state index in [1.807, 2.05) is 36.4 Å². The molecular formula is C83H130F4N2O3. The molecule has 518 valence electrons. The highest BCUT2D eigenvalue weighted by molar-refractivity contribution is 5.83. The van der Waals surface area contributed by atoms with Crippen molar-refractivity contribution in [3.8, 4) is 17.2 Å². The van der Waals surface area contributed by atoms with Gasteiger partial charge in [0.2, 0.25) is 0 Å². The smallest absolute Gasteiger partial charge is 0.115 e. The minimum Gasteiger partial charge on any atom is -0.508 e. The zero-order chi connectivity index (χ0) is 71.0. The number of aromatic amines is 1. The lowest BCUT2D eigenvalue weighted by Crippen LogP contribution is -2.14. The zero-order valence-corrected chi connectivity index (χ0v) is 61.7. The van der Waals surface area contributed by atoms with Gasteiger partial charge in [0.05, 0.1) is 28.7 Å². The molecule has 0 fully saturated rings. The molecule has 5 nitrogen and oxygen atoms in total. The molecule has 1 aliphatic heterocycles. The van der Waals surface area contributed by atoms with Crippen LogP contribution in [-0.2, 0) is 31.1 Å². The molecule has 2 heterocycles. The van der Waals surface area contributed by atoms with Gasteiger partial charge >= 0.3 is 0 Å². The highest BCUT2D eigenvalue weighted by Crippen LogP contribution is 2.35. The van der Waals surface area contributed by atoms with Crippen molar-refractivity contribution in [1.82, 2.24) is 4.98 Å². The molecule has 6 aromatic carbocycles. The Morgan fingerprint density at radius 3 is 1.08 bits per heavy atom. The lowest BCUT2D eigenvalue weighted by Gasteiger charge is -2.27. The van der Waals surface area contributed by atoms with Crippen molar-refractivity contribution < 1.29 is 32.9 Å². The molecule has 0 saturated carbocycles. The maximum atomic E-state index is 9.50. The predicted molar refractivity (Wildman–Crippen MR) is 399 cm³/mol. The van der Waals surface area contributed by atoms with Gasteiger partial charge in [-0.05, 0) is 146 Å². The van der Waals surface area contributed by atoms with Crippen LogP contribution in [0.15, 0.2) is 181 Å². The third kappa shape index (κ3) is 44.8. The van der Waals surface area contributed by atoms with Crippen molar-refractivity contribution in [3.05, 3.63) is 209 Å². The fourth-order valence-corrected chi connectivity index (χ4v) is 8.85. The number of halogens is 4. The van der Waals surface area contributed by atoms with Gasteiger partial charge in [-0.15, -0.1) is 0 Å².